The monoisotopic (exact) mass is 1750 g/mol. The van der Waals surface area contributed by atoms with Gasteiger partial charge in [0.25, 0.3) is 0 Å². The first-order valence-corrected chi connectivity index (χ1v) is 38.3. The molecule has 5 aliphatic rings. The van der Waals surface area contributed by atoms with Crippen molar-refractivity contribution < 1.29 is 186 Å². The van der Waals surface area contributed by atoms with Crippen molar-refractivity contribution in [1.29, 1.82) is 0 Å². The number of esters is 2. The lowest BCUT2D eigenvalue weighted by atomic mass is 9.73. The fourth-order valence-electron chi connectivity index (χ4n) is 16.8. The van der Waals surface area contributed by atoms with Gasteiger partial charge in [-0.05, 0) is 114 Å². The zero-order chi connectivity index (χ0) is 91.0. The third-order valence-corrected chi connectivity index (χ3v) is 22.8. The van der Waals surface area contributed by atoms with E-state index in [1.54, 1.807) is 6.92 Å². The first-order valence-electron chi connectivity index (χ1n) is 38.3. The molecule has 28 N–H and O–H groups in total. The molecule has 0 spiro atoms. The number of aryl methyl sites for hydroxylation is 1. The Morgan fingerprint density at radius 3 is 0.874 bits per heavy atom. The van der Waals surface area contributed by atoms with Crippen molar-refractivity contribution in [2.45, 2.75) is 98.6 Å². The second-order valence-electron chi connectivity index (χ2n) is 30.8. The highest BCUT2D eigenvalue weighted by Crippen LogP contribution is 2.64. The first kappa shape index (κ1) is 84.1. The normalized spacial score (nSPS) is 21.1. The van der Waals surface area contributed by atoms with Crippen LogP contribution >= 0.6 is 0 Å². The molecule has 0 amide bonds. The molecule has 0 radical (unpaired) electrons. The molecule has 17 rings (SSSR count). The first-order chi connectivity index (χ1) is 60.2. The molecule has 0 fully saturated rings. The van der Waals surface area contributed by atoms with Gasteiger partial charge < -0.3 is 176 Å². The minimum absolute atomic E-state index is 0.0441. The van der Waals surface area contributed by atoms with Crippen LogP contribution < -0.4 is 23.7 Å². The van der Waals surface area contributed by atoms with E-state index in [0.29, 0.717) is 5.56 Å². The number of aliphatic hydroxyl groups is 3. The molecule has 656 valence electrons. The number of fused-ring (bicyclic) bond motifs is 5. The minimum atomic E-state index is -1.99. The highest BCUT2D eigenvalue weighted by Gasteiger charge is 2.53. The van der Waals surface area contributed by atoms with Gasteiger partial charge in [-0.1, -0.05) is 36.4 Å². The Balaban J connectivity index is 0.000000197. The number of benzene rings is 12. The summed E-state index contributed by atoms with van der Waals surface area (Å²) in [6.45, 7) is 1.60. The number of hydrogen-bond acceptors (Lipinski definition) is 37. The van der Waals surface area contributed by atoms with E-state index in [-0.39, 0.29) is 96.4 Å². The van der Waals surface area contributed by atoms with Gasteiger partial charge in [-0.3, -0.25) is 0 Å². The molecule has 13 unspecified atom stereocenters. The lowest BCUT2D eigenvalue weighted by Gasteiger charge is -2.43. The number of carbonyl (C=O) groups is 2. The van der Waals surface area contributed by atoms with Crippen molar-refractivity contribution in [3.05, 3.63) is 247 Å². The Morgan fingerprint density at radius 1 is 0.268 bits per heavy atom. The number of ether oxygens (including phenoxy) is 7. The largest absolute Gasteiger partial charge is 0.508 e. The number of aliphatic hydroxyl groups excluding tert-OH is 3. The maximum absolute atomic E-state index is 13.7. The van der Waals surface area contributed by atoms with E-state index in [2.05, 4.69) is 0 Å². The summed E-state index contributed by atoms with van der Waals surface area (Å²) in [6.07, 6.45) is -16.7. The van der Waals surface area contributed by atoms with Gasteiger partial charge in [0.05, 0.1) is 28.9 Å². The topological polar surface area (TPSA) is 665 Å². The quantitative estimate of drug-likeness (QED) is 0.0399. The van der Waals surface area contributed by atoms with Crippen molar-refractivity contribution in [3.63, 3.8) is 0 Å². The van der Waals surface area contributed by atoms with Crippen LogP contribution in [0.5, 0.6) is 172 Å². The highest BCUT2D eigenvalue weighted by atomic mass is 16.6. The van der Waals surface area contributed by atoms with Crippen molar-refractivity contribution in [2.75, 3.05) is 0 Å². The molecule has 0 saturated carbocycles. The van der Waals surface area contributed by atoms with Crippen LogP contribution in [0.25, 0.3) is 0 Å². The van der Waals surface area contributed by atoms with Gasteiger partial charge in [-0.2, -0.15) is 0 Å². The van der Waals surface area contributed by atoms with Crippen LogP contribution in [0.4, 0.5) is 0 Å². The number of aromatic hydroxyl groups is 25. The van der Waals surface area contributed by atoms with Crippen LogP contribution in [-0.4, -0.2) is 185 Å². The van der Waals surface area contributed by atoms with Gasteiger partial charge in [0.15, 0.2) is 111 Å². The minimum Gasteiger partial charge on any atom is -0.508 e. The Kier molecular flexibility index (Phi) is 21.0. The third-order valence-electron chi connectivity index (χ3n) is 22.8. The maximum atomic E-state index is 13.7. The molecular formula is C90H74O37. The van der Waals surface area contributed by atoms with E-state index in [9.17, 15) is 153 Å². The van der Waals surface area contributed by atoms with Gasteiger partial charge >= 0.3 is 11.9 Å². The van der Waals surface area contributed by atoms with Crippen molar-refractivity contribution in [2.24, 2.45) is 0 Å². The number of phenols is 25. The number of hydrogen-bond donors (Lipinski definition) is 28. The zero-order valence-corrected chi connectivity index (χ0v) is 65.1. The summed E-state index contributed by atoms with van der Waals surface area (Å²) in [7, 11) is 0. The van der Waals surface area contributed by atoms with Gasteiger partial charge in [0, 0.05) is 105 Å². The fourth-order valence-corrected chi connectivity index (χ4v) is 16.8. The van der Waals surface area contributed by atoms with Crippen LogP contribution in [0, 0.1) is 6.92 Å². The predicted octanol–water partition coefficient (Wildman–Crippen LogP) is 10.0. The highest BCUT2D eigenvalue weighted by molar-refractivity contribution is 5.92. The smallest absolute Gasteiger partial charge is 0.338 e. The SMILES string of the molecule is Cc1ccc(C2Oc3c(c(O)cc(O)c3C3c4c(O)cc(O)c(C5c6c(O)cc(O)cc6OC(c6ccc(O)c(O)c6)C5O)c4OC(c4ccc(O)c(O)c4)C3O)CC2OC(=O)c2cc(O)c(O)c(O)c2)cc1O.O=C(OC1Cc2c(O)cc(O)c(C3c4c(O)cc(O)cc4OC(c4ccc(O)c(O)c4)C3O)c2OC1c1ccc(O)c(O)c1)c1cc(O)c(O)c(O)c1. The second kappa shape index (κ2) is 31.7. The van der Waals surface area contributed by atoms with E-state index in [1.807, 2.05) is 0 Å². The van der Waals surface area contributed by atoms with Gasteiger partial charge in [0.2, 0.25) is 0 Å². The van der Waals surface area contributed by atoms with E-state index in [0.717, 1.165) is 115 Å². The third kappa shape index (κ3) is 14.8. The van der Waals surface area contributed by atoms with Crippen LogP contribution in [0.1, 0.15) is 147 Å². The molecule has 5 aliphatic heterocycles. The van der Waals surface area contributed by atoms with Crippen molar-refractivity contribution in [3.8, 4) is 172 Å². The Morgan fingerprint density at radius 2 is 0.543 bits per heavy atom. The molecule has 5 heterocycles. The Labute approximate surface area is 712 Å². The standard InChI is InChI=1S/C53H44O21.C37H30O16/c1-18-2-3-19(8-27(18)57)48-38(72-53(70)22-11-35(65)45(67)36(66)12-22)15-24-28(58)16-32(62)40(51(24)73-48)44-42-34(64)17-33(63)41(52(42)74-50(47(44)69)21-5-7-26(56)30(60)10-21)43-39-31(61)13-23(54)14-37(39)71-49(46(43)68)20-4-6-25(55)29(59)9-20;38-16-9-23(44)29-27(10-16)51-35(14-2-4-19(40)22(43)6-14)33(49)31(29)30-24(45)12-20(41)17-11-28(52-37(50)15-7-25(46)32(48)26(47)8-15)34(53-36(17)30)13-1-3-18(39)21(42)5-13/h2-14,16-17,38,43-44,46-50,54-69H,15H2,1H3;1-10,12,28,31,33-35,38-49H,11H2. The van der Waals surface area contributed by atoms with Crippen LogP contribution in [0.3, 0.4) is 0 Å². The molecule has 13 atom stereocenters. The summed E-state index contributed by atoms with van der Waals surface area (Å²) in [5.41, 5.74) is -2.06. The van der Waals surface area contributed by atoms with E-state index in [1.165, 1.54) is 42.5 Å². The number of rotatable bonds is 12. The number of carbonyl (C=O) groups excluding carboxylic acids is 2. The molecule has 0 saturated heterocycles. The van der Waals surface area contributed by atoms with Gasteiger partial charge in [0.1, 0.15) is 123 Å². The Bertz CT molecular complexity index is 6480. The predicted molar refractivity (Wildman–Crippen MR) is 430 cm³/mol. The number of phenolic OH excluding ortho intramolecular Hbond substituents is 25. The van der Waals surface area contributed by atoms with E-state index in [4.69, 9.17) is 33.2 Å². The van der Waals surface area contributed by atoms with Crippen molar-refractivity contribution in [1.82, 2.24) is 0 Å². The van der Waals surface area contributed by atoms with Crippen LogP contribution in [0.15, 0.2) is 158 Å². The van der Waals surface area contributed by atoms with Gasteiger partial charge in [-0.25, -0.2) is 9.59 Å². The summed E-state index contributed by atoms with van der Waals surface area (Å²) in [4.78, 5) is 27.1. The zero-order valence-electron chi connectivity index (χ0n) is 65.1. The average molecular weight is 1750 g/mol. The molecule has 12 aromatic rings. The molecule has 0 bridgehead atoms. The second-order valence-corrected chi connectivity index (χ2v) is 30.8. The van der Waals surface area contributed by atoms with Crippen LogP contribution in [-0.2, 0) is 22.3 Å². The fraction of sp³-hybridized carbons (Fsp3) is 0.178. The molecule has 12 aromatic carbocycles. The molecular weight excluding hydrogens is 1670 g/mol. The average Bonchev–Trinajstić information content (AvgIpc) is 0.715. The summed E-state index contributed by atoms with van der Waals surface area (Å²) in [5.74, 6) is -25.2. The molecule has 0 aliphatic carbocycles. The van der Waals surface area contributed by atoms with E-state index < -0.39 is 263 Å². The molecule has 0 aromatic heterocycles. The van der Waals surface area contributed by atoms with E-state index >= 15 is 0 Å². The van der Waals surface area contributed by atoms with Gasteiger partial charge in [-0.15, -0.1) is 0 Å². The lowest BCUT2D eigenvalue weighted by molar-refractivity contribution is -0.0215. The summed E-state index contributed by atoms with van der Waals surface area (Å²) in [6, 6.07) is 28.4. The molecule has 127 heavy (non-hydrogen) atoms. The molecule has 37 heteroatoms. The maximum Gasteiger partial charge on any atom is 0.338 e. The Hall–Kier alpha value is -16.5. The molecule has 37 nitrogen and oxygen atoms in total. The van der Waals surface area contributed by atoms with Crippen LogP contribution in [0.2, 0.25) is 0 Å². The summed E-state index contributed by atoms with van der Waals surface area (Å²) >= 11 is 0. The van der Waals surface area contributed by atoms with Crippen molar-refractivity contribution >= 4 is 11.9 Å². The lowest BCUT2D eigenvalue weighted by Crippen LogP contribution is -2.39. The summed E-state index contributed by atoms with van der Waals surface area (Å²) in [5, 5.41) is 304. The summed E-state index contributed by atoms with van der Waals surface area (Å²) < 4.78 is 43.3.